The highest BCUT2D eigenvalue weighted by Gasteiger charge is 2.24. The number of rotatable bonds is 7. The molecule has 148 valence electrons. The maximum absolute atomic E-state index is 12.9. The maximum Gasteiger partial charge on any atom is 0.279 e. The van der Waals surface area contributed by atoms with Gasteiger partial charge in [0.25, 0.3) is 10.0 Å². The van der Waals surface area contributed by atoms with Crippen LogP contribution in [0.3, 0.4) is 0 Å². The molecule has 0 aliphatic heterocycles. The van der Waals surface area contributed by atoms with Crippen LogP contribution in [0.15, 0.2) is 69.0 Å². The van der Waals surface area contributed by atoms with Crippen LogP contribution in [0.25, 0.3) is 5.65 Å². The van der Waals surface area contributed by atoms with Crippen LogP contribution in [0.4, 0.5) is 0 Å². The molecule has 2 aromatic rings. The molecular formula is C17H18BrN5O4S. The van der Waals surface area contributed by atoms with E-state index in [1.54, 1.807) is 22.9 Å². The van der Waals surface area contributed by atoms with Crippen molar-refractivity contribution in [3.8, 4) is 0 Å². The Balaban J connectivity index is 2.44. The lowest BCUT2D eigenvalue weighted by atomic mass is 10.2. The van der Waals surface area contributed by atoms with Gasteiger partial charge in [0.05, 0.1) is 27.9 Å². The van der Waals surface area contributed by atoms with Crippen molar-refractivity contribution in [3.05, 3.63) is 79.7 Å². The molecule has 0 amide bonds. The van der Waals surface area contributed by atoms with Crippen molar-refractivity contribution in [2.75, 3.05) is 7.05 Å². The zero-order valence-electron chi connectivity index (χ0n) is 15.4. The van der Waals surface area contributed by atoms with Crippen molar-refractivity contribution in [1.29, 1.82) is 0 Å². The number of nitro groups is 1. The van der Waals surface area contributed by atoms with E-state index in [4.69, 9.17) is 0 Å². The van der Waals surface area contributed by atoms with Gasteiger partial charge in [-0.2, -0.15) is 17.9 Å². The Morgan fingerprint density at radius 1 is 1.43 bits per heavy atom. The molecule has 2 aromatic heterocycles. The summed E-state index contributed by atoms with van der Waals surface area (Å²) < 4.78 is 29.1. The molecule has 0 aromatic carbocycles. The molecule has 0 spiro atoms. The average molecular weight is 468 g/mol. The largest absolute Gasteiger partial charge is 0.298 e. The minimum Gasteiger partial charge on any atom is -0.298 e. The summed E-state index contributed by atoms with van der Waals surface area (Å²) in [4.78, 5) is 14.2. The van der Waals surface area contributed by atoms with E-state index in [2.05, 4.69) is 32.6 Å². The van der Waals surface area contributed by atoms with Crippen molar-refractivity contribution in [1.82, 2.24) is 13.8 Å². The monoisotopic (exact) mass is 467 g/mol. The number of sulfonamides is 1. The Hall–Kier alpha value is -2.79. The molecule has 0 aliphatic carbocycles. The molecule has 0 atom stereocenters. The molecule has 9 nitrogen and oxygen atoms in total. The molecule has 0 aliphatic rings. The third-order valence-corrected chi connectivity index (χ3v) is 6.05. The third kappa shape index (κ3) is 4.54. The van der Waals surface area contributed by atoms with Gasteiger partial charge in [0.1, 0.15) is 5.65 Å². The first-order chi connectivity index (χ1) is 13.1. The Bertz CT molecular complexity index is 1130. The second-order valence-corrected chi connectivity index (χ2v) is 8.57. The van der Waals surface area contributed by atoms with Gasteiger partial charge in [0, 0.05) is 30.7 Å². The zero-order valence-corrected chi connectivity index (χ0v) is 17.8. The van der Waals surface area contributed by atoms with Crippen molar-refractivity contribution < 1.29 is 13.3 Å². The van der Waals surface area contributed by atoms with Gasteiger partial charge in [-0.05, 0) is 40.6 Å². The number of halogens is 1. The number of allylic oxidation sites excluding steroid dienone is 4. The number of fused-ring (bicyclic) bond motifs is 1. The van der Waals surface area contributed by atoms with Crippen LogP contribution >= 0.6 is 15.9 Å². The number of pyridine rings is 1. The number of hydrazone groups is 1. The zero-order chi connectivity index (χ0) is 21.1. The second-order valence-electron chi connectivity index (χ2n) is 5.74. The Morgan fingerprint density at radius 3 is 2.71 bits per heavy atom. The van der Waals surface area contributed by atoms with Crippen molar-refractivity contribution >= 4 is 37.8 Å². The summed E-state index contributed by atoms with van der Waals surface area (Å²) in [6, 6.07) is 3.63. The lowest BCUT2D eigenvalue weighted by Crippen LogP contribution is -2.24. The van der Waals surface area contributed by atoms with Crippen molar-refractivity contribution in [2.45, 2.75) is 13.8 Å². The lowest BCUT2D eigenvalue weighted by molar-refractivity contribution is -0.424. The fourth-order valence-electron chi connectivity index (χ4n) is 2.15. The molecule has 0 unspecified atom stereocenters. The van der Waals surface area contributed by atoms with Gasteiger partial charge in [0.2, 0.25) is 5.70 Å². The summed E-state index contributed by atoms with van der Waals surface area (Å²) in [7, 11) is -2.88. The smallest absolute Gasteiger partial charge is 0.279 e. The third-order valence-electron chi connectivity index (χ3n) is 3.80. The molecule has 0 saturated heterocycles. The maximum atomic E-state index is 12.9. The molecule has 0 N–H and O–H groups in total. The highest BCUT2D eigenvalue weighted by atomic mass is 79.9. The molecule has 0 bridgehead atoms. The Labute approximate surface area is 170 Å². The molecule has 2 rings (SSSR count). The van der Waals surface area contributed by atoms with Crippen LogP contribution in [-0.4, -0.2) is 40.4 Å². The van der Waals surface area contributed by atoms with E-state index in [-0.39, 0.29) is 16.2 Å². The van der Waals surface area contributed by atoms with Crippen LogP contribution in [0.5, 0.6) is 0 Å². The van der Waals surface area contributed by atoms with E-state index in [9.17, 15) is 18.5 Å². The Morgan fingerprint density at radius 2 is 2.11 bits per heavy atom. The van der Waals surface area contributed by atoms with Crippen LogP contribution in [0, 0.1) is 10.1 Å². The summed E-state index contributed by atoms with van der Waals surface area (Å²) in [5.41, 5.74) is 1.18. The summed E-state index contributed by atoms with van der Waals surface area (Å²) in [6.45, 7) is 6.26. The number of hydrogen-bond donors (Lipinski definition) is 0. The SMILES string of the molecule is C=C/C(C)=C(\C=C(/C)[N+](=O)[O-])S(=O)(=O)N(C)/N=C/c1cnc2ccc(Br)cn12. The topological polar surface area (TPSA) is 110 Å². The second kappa shape index (κ2) is 8.48. The fourth-order valence-corrected chi connectivity index (χ4v) is 3.75. The van der Waals surface area contributed by atoms with Gasteiger partial charge in [-0.1, -0.05) is 12.7 Å². The van der Waals surface area contributed by atoms with E-state index in [0.717, 1.165) is 15.0 Å². The molecular weight excluding hydrogens is 450 g/mol. The molecule has 0 saturated carbocycles. The molecule has 2 heterocycles. The average Bonchev–Trinajstić information content (AvgIpc) is 3.04. The number of imidazole rings is 1. The van der Waals surface area contributed by atoms with Crippen LogP contribution < -0.4 is 0 Å². The van der Waals surface area contributed by atoms with E-state index in [1.165, 1.54) is 33.2 Å². The molecule has 0 fully saturated rings. The quantitative estimate of drug-likeness (QED) is 0.268. The molecule has 11 heteroatoms. The van der Waals surface area contributed by atoms with Crippen LogP contribution in [0.1, 0.15) is 19.5 Å². The minimum atomic E-state index is -4.13. The molecule has 28 heavy (non-hydrogen) atoms. The number of aromatic nitrogens is 2. The van der Waals surface area contributed by atoms with E-state index >= 15 is 0 Å². The number of nitrogens with zero attached hydrogens (tertiary/aromatic N) is 5. The summed E-state index contributed by atoms with van der Waals surface area (Å²) >= 11 is 3.36. The van der Waals surface area contributed by atoms with Gasteiger partial charge in [-0.15, -0.1) is 0 Å². The van der Waals surface area contributed by atoms with Crippen LogP contribution in [-0.2, 0) is 10.0 Å². The minimum absolute atomic E-state index is 0.253. The summed E-state index contributed by atoms with van der Waals surface area (Å²) in [5.74, 6) is 0. The lowest BCUT2D eigenvalue weighted by Gasteiger charge is -2.15. The highest BCUT2D eigenvalue weighted by molar-refractivity contribution is 9.10. The fraction of sp³-hybridized carbons (Fsp3) is 0.176. The van der Waals surface area contributed by atoms with Gasteiger partial charge in [-0.25, -0.2) is 4.98 Å². The Kier molecular flexibility index (Phi) is 6.52. The summed E-state index contributed by atoms with van der Waals surface area (Å²) in [5, 5.41) is 14.9. The van der Waals surface area contributed by atoms with Gasteiger partial charge >= 0.3 is 0 Å². The molecule has 0 radical (unpaired) electrons. The van der Waals surface area contributed by atoms with Crippen molar-refractivity contribution in [2.24, 2.45) is 5.10 Å². The van der Waals surface area contributed by atoms with Gasteiger partial charge in [-0.3, -0.25) is 14.5 Å². The van der Waals surface area contributed by atoms with Crippen LogP contribution in [0.2, 0.25) is 0 Å². The number of hydrogen-bond acceptors (Lipinski definition) is 6. The van der Waals surface area contributed by atoms with E-state index < -0.39 is 14.9 Å². The predicted molar refractivity (Wildman–Crippen MR) is 111 cm³/mol. The predicted octanol–water partition coefficient (Wildman–Crippen LogP) is 3.33. The van der Waals surface area contributed by atoms with Crippen molar-refractivity contribution in [3.63, 3.8) is 0 Å². The van der Waals surface area contributed by atoms with Gasteiger partial charge < -0.3 is 0 Å². The van der Waals surface area contributed by atoms with Gasteiger partial charge in [0.15, 0.2) is 0 Å². The highest BCUT2D eigenvalue weighted by Crippen LogP contribution is 2.21. The first-order valence-corrected chi connectivity index (χ1v) is 10.1. The van der Waals surface area contributed by atoms with E-state index in [0.29, 0.717) is 11.3 Å². The normalized spacial score (nSPS) is 13.6. The first-order valence-electron chi connectivity index (χ1n) is 7.89. The standard InChI is InChI=1S/C17H18BrN5O4S/c1-5-12(2)16(8-13(3)23(24)25)28(26,27)21(4)20-10-15-9-19-17-7-6-14(18)11-22(15)17/h5-11H,1H2,2-4H3/b13-8+,16-12+,20-10+. The summed E-state index contributed by atoms with van der Waals surface area (Å²) in [6.07, 6.45) is 6.97. The first kappa shape index (κ1) is 21.5. The van der Waals surface area contributed by atoms with E-state index in [1.807, 2.05) is 6.07 Å².